The molecule has 1 aliphatic heterocycles. The molecule has 1 atom stereocenters. The van der Waals surface area contributed by atoms with Crippen LogP contribution in [0.15, 0.2) is 24.3 Å². The van der Waals surface area contributed by atoms with Crippen molar-refractivity contribution in [1.82, 2.24) is 20.2 Å². The van der Waals surface area contributed by atoms with E-state index in [-0.39, 0.29) is 0 Å². The van der Waals surface area contributed by atoms with Gasteiger partial charge in [0, 0.05) is 12.5 Å². The summed E-state index contributed by atoms with van der Waals surface area (Å²) in [5, 5.41) is 11.5. The Kier molecular flexibility index (Phi) is 3.28. The number of H-pyrrole nitrogens is 1. The van der Waals surface area contributed by atoms with Gasteiger partial charge in [0.15, 0.2) is 11.0 Å². The zero-order valence-electron chi connectivity index (χ0n) is 11.4. The summed E-state index contributed by atoms with van der Waals surface area (Å²) in [5.74, 6) is 2.02. The summed E-state index contributed by atoms with van der Waals surface area (Å²) in [7, 11) is 0. The van der Waals surface area contributed by atoms with Crippen LogP contribution in [0.5, 0.6) is 0 Å². The lowest BCUT2D eigenvalue weighted by atomic mass is 10.1. The highest BCUT2D eigenvalue weighted by Gasteiger charge is 2.21. The van der Waals surface area contributed by atoms with Gasteiger partial charge in [0.05, 0.1) is 23.4 Å². The highest BCUT2D eigenvalue weighted by molar-refractivity contribution is 7.22. The SMILES string of the molecule is c1ccc2sc(NCc3nc(C4CCOC4)n[nH]3)nc2c1. The Hall–Kier alpha value is -1.99. The van der Waals surface area contributed by atoms with E-state index in [0.29, 0.717) is 12.5 Å². The number of ether oxygens (including phenoxy) is 1. The second-order valence-electron chi connectivity index (χ2n) is 5.04. The van der Waals surface area contributed by atoms with E-state index in [1.807, 2.05) is 18.2 Å². The number of aromatic amines is 1. The van der Waals surface area contributed by atoms with Gasteiger partial charge >= 0.3 is 0 Å². The number of anilines is 1. The molecular formula is C14H15N5OS. The minimum atomic E-state index is 0.331. The largest absolute Gasteiger partial charge is 0.381 e. The van der Waals surface area contributed by atoms with Gasteiger partial charge in [0.1, 0.15) is 5.82 Å². The van der Waals surface area contributed by atoms with Crippen LogP contribution in [0.1, 0.15) is 24.0 Å². The fourth-order valence-corrected chi connectivity index (χ4v) is 3.28. The molecule has 1 unspecified atom stereocenters. The Labute approximate surface area is 125 Å². The second kappa shape index (κ2) is 5.42. The monoisotopic (exact) mass is 301 g/mol. The minimum absolute atomic E-state index is 0.331. The number of para-hydroxylation sites is 1. The molecule has 21 heavy (non-hydrogen) atoms. The molecule has 1 saturated heterocycles. The van der Waals surface area contributed by atoms with Gasteiger partial charge in [-0.25, -0.2) is 9.97 Å². The summed E-state index contributed by atoms with van der Waals surface area (Å²) >= 11 is 1.64. The van der Waals surface area contributed by atoms with Gasteiger partial charge in [-0.3, -0.25) is 5.10 Å². The molecule has 2 N–H and O–H groups in total. The summed E-state index contributed by atoms with van der Waals surface area (Å²) in [6.07, 6.45) is 1.00. The van der Waals surface area contributed by atoms with Crippen molar-refractivity contribution in [3.05, 3.63) is 35.9 Å². The highest BCUT2D eigenvalue weighted by Crippen LogP contribution is 2.26. The topological polar surface area (TPSA) is 75.7 Å². The molecule has 0 radical (unpaired) electrons. The number of nitrogens with zero attached hydrogens (tertiary/aromatic N) is 3. The first kappa shape index (κ1) is 12.7. The molecule has 1 fully saturated rings. The Morgan fingerprint density at radius 1 is 1.33 bits per heavy atom. The van der Waals surface area contributed by atoms with Gasteiger partial charge in [0.2, 0.25) is 0 Å². The van der Waals surface area contributed by atoms with Crippen molar-refractivity contribution < 1.29 is 4.74 Å². The molecule has 0 amide bonds. The highest BCUT2D eigenvalue weighted by atomic mass is 32.1. The lowest BCUT2D eigenvalue weighted by Crippen LogP contribution is -2.02. The van der Waals surface area contributed by atoms with E-state index in [0.717, 1.165) is 41.9 Å². The van der Waals surface area contributed by atoms with E-state index < -0.39 is 0 Å². The number of nitrogens with one attached hydrogen (secondary N) is 2. The minimum Gasteiger partial charge on any atom is -0.381 e. The number of benzene rings is 1. The first-order valence-electron chi connectivity index (χ1n) is 6.97. The average Bonchev–Trinajstić information content (AvgIpc) is 3.23. The summed E-state index contributed by atoms with van der Waals surface area (Å²) < 4.78 is 6.55. The van der Waals surface area contributed by atoms with E-state index in [2.05, 4.69) is 31.5 Å². The molecule has 0 aliphatic carbocycles. The third kappa shape index (κ3) is 2.62. The number of hydrogen-bond donors (Lipinski definition) is 2. The van der Waals surface area contributed by atoms with Gasteiger partial charge in [-0.2, -0.15) is 5.10 Å². The van der Waals surface area contributed by atoms with Crippen LogP contribution in [0.3, 0.4) is 0 Å². The van der Waals surface area contributed by atoms with E-state index in [1.165, 1.54) is 4.70 Å². The smallest absolute Gasteiger partial charge is 0.184 e. The lowest BCUT2D eigenvalue weighted by Gasteiger charge is -1.99. The van der Waals surface area contributed by atoms with Crippen LogP contribution in [0.2, 0.25) is 0 Å². The molecule has 108 valence electrons. The molecule has 3 heterocycles. The van der Waals surface area contributed by atoms with Gasteiger partial charge in [-0.15, -0.1) is 0 Å². The van der Waals surface area contributed by atoms with Gasteiger partial charge < -0.3 is 10.1 Å². The molecule has 7 heteroatoms. The molecule has 6 nitrogen and oxygen atoms in total. The number of thiazole rings is 1. The summed E-state index contributed by atoms with van der Waals surface area (Å²) in [4.78, 5) is 9.07. The number of fused-ring (bicyclic) bond motifs is 1. The standard InChI is InChI=1S/C14H15N5OS/c1-2-4-11-10(3-1)16-14(21-11)15-7-12-17-13(19-18-12)9-5-6-20-8-9/h1-4,9H,5-8H2,(H,15,16)(H,17,18,19). The van der Waals surface area contributed by atoms with Gasteiger partial charge in [-0.05, 0) is 18.6 Å². The quantitative estimate of drug-likeness (QED) is 0.774. The van der Waals surface area contributed by atoms with E-state index >= 15 is 0 Å². The van der Waals surface area contributed by atoms with Crippen LogP contribution in [-0.2, 0) is 11.3 Å². The molecule has 4 rings (SSSR count). The molecular weight excluding hydrogens is 286 g/mol. The Balaban J connectivity index is 1.44. The van der Waals surface area contributed by atoms with Crippen LogP contribution in [-0.4, -0.2) is 33.4 Å². The normalized spacial score (nSPS) is 18.4. The van der Waals surface area contributed by atoms with Crippen molar-refractivity contribution in [2.24, 2.45) is 0 Å². The van der Waals surface area contributed by atoms with Crippen molar-refractivity contribution in [1.29, 1.82) is 0 Å². The summed E-state index contributed by atoms with van der Waals surface area (Å²) in [6.45, 7) is 2.13. The molecule has 0 bridgehead atoms. The van der Waals surface area contributed by atoms with Crippen molar-refractivity contribution in [2.45, 2.75) is 18.9 Å². The summed E-state index contributed by atoms with van der Waals surface area (Å²) in [6, 6.07) is 8.11. The zero-order valence-corrected chi connectivity index (χ0v) is 12.2. The van der Waals surface area contributed by atoms with Crippen LogP contribution in [0.25, 0.3) is 10.2 Å². The predicted molar refractivity (Wildman–Crippen MR) is 81.5 cm³/mol. The first-order chi connectivity index (χ1) is 10.4. The van der Waals surface area contributed by atoms with Gasteiger partial charge in [-0.1, -0.05) is 23.5 Å². The maximum atomic E-state index is 5.37. The zero-order chi connectivity index (χ0) is 14.1. The van der Waals surface area contributed by atoms with Crippen molar-refractivity contribution in [2.75, 3.05) is 18.5 Å². The molecule has 2 aromatic heterocycles. The fraction of sp³-hybridized carbons (Fsp3) is 0.357. The Morgan fingerprint density at radius 3 is 3.14 bits per heavy atom. The van der Waals surface area contributed by atoms with Crippen LogP contribution in [0, 0.1) is 0 Å². The number of hydrogen-bond acceptors (Lipinski definition) is 6. The number of aromatic nitrogens is 4. The van der Waals surface area contributed by atoms with Crippen molar-refractivity contribution in [3.8, 4) is 0 Å². The number of rotatable bonds is 4. The maximum Gasteiger partial charge on any atom is 0.184 e. The van der Waals surface area contributed by atoms with Crippen LogP contribution in [0.4, 0.5) is 5.13 Å². The van der Waals surface area contributed by atoms with Crippen molar-refractivity contribution >= 4 is 26.7 Å². The predicted octanol–water partition coefficient (Wildman–Crippen LogP) is 2.53. The Morgan fingerprint density at radius 2 is 2.29 bits per heavy atom. The lowest BCUT2D eigenvalue weighted by molar-refractivity contribution is 0.193. The second-order valence-corrected chi connectivity index (χ2v) is 6.07. The van der Waals surface area contributed by atoms with E-state index in [1.54, 1.807) is 11.3 Å². The van der Waals surface area contributed by atoms with Crippen LogP contribution >= 0.6 is 11.3 Å². The first-order valence-corrected chi connectivity index (χ1v) is 7.78. The molecule has 1 aliphatic rings. The van der Waals surface area contributed by atoms with Crippen molar-refractivity contribution in [3.63, 3.8) is 0 Å². The van der Waals surface area contributed by atoms with Crippen LogP contribution < -0.4 is 5.32 Å². The fourth-order valence-electron chi connectivity index (χ4n) is 2.42. The van der Waals surface area contributed by atoms with E-state index in [9.17, 15) is 0 Å². The Bertz CT molecular complexity index is 714. The molecule has 0 saturated carbocycles. The van der Waals surface area contributed by atoms with Gasteiger partial charge in [0.25, 0.3) is 0 Å². The third-order valence-corrected chi connectivity index (χ3v) is 4.54. The molecule has 0 spiro atoms. The average molecular weight is 301 g/mol. The molecule has 1 aromatic carbocycles. The third-order valence-electron chi connectivity index (χ3n) is 3.54. The maximum absolute atomic E-state index is 5.37. The summed E-state index contributed by atoms with van der Waals surface area (Å²) in [5.41, 5.74) is 1.02. The molecule has 3 aromatic rings. The van der Waals surface area contributed by atoms with E-state index in [4.69, 9.17) is 4.74 Å².